The van der Waals surface area contributed by atoms with Crippen LogP contribution in [-0.4, -0.2) is 20.4 Å². The molecule has 0 aliphatic rings. The Morgan fingerprint density at radius 2 is 2.14 bits per heavy atom. The number of nitrogens with zero attached hydrogens (tertiary/aromatic N) is 3. The van der Waals surface area contributed by atoms with Crippen molar-refractivity contribution in [3.63, 3.8) is 0 Å². The normalized spacial score (nSPS) is 10.5. The van der Waals surface area contributed by atoms with Crippen LogP contribution >= 0.6 is 11.6 Å². The van der Waals surface area contributed by atoms with Gasteiger partial charge in [-0.05, 0) is 30.3 Å². The van der Waals surface area contributed by atoms with Crippen LogP contribution in [0.25, 0.3) is 5.82 Å². The summed E-state index contributed by atoms with van der Waals surface area (Å²) < 4.78 is 15.4. The second-order valence-electron chi connectivity index (χ2n) is 4.45. The quantitative estimate of drug-likeness (QED) is 0.806. The topological polar surface area (TPSA) is 59.8 Å². The van der Waals surface area contributed by atoms with Crippen LogP contribution in [-0.2, 0) is 0 Å². The van der Waals surface area contributed by atoms with Gasteiger partial charge in [0.15, 0.2) is 0 Å². The molecule has 110 valence electrons. The summed E-state index contributed by atoms with van der Waals surface area (Å²) in [5, 5.41) is 2.74. The van der Waals surface area contributed by atoms with Gasteiger partial charge in [-0.2, -0.15) is 0 Å². The molecule has 0 radical (unpaired) electrons. The van der Waals surface area contributed by atoms with Crippen LogP contribution in [0.2, 0.25) is 5.02 Å². The van der Waals surface area contributed by atoms with E-state index in [1.165, 1.54) is 18.3 Å². The first-order chi connectivity index (χ1) is 10.6. The highest BCUT2D eigenvalue weighted by Gasteiger charge is 2.10. The predicted molar refractivity (Wildman–Crippen MR) is 80.7 cm³/mol. The molecule has 0 saturated heterocycles. The van der Waals surface area contributed by atoms with Gasteiger partial charge in [0.05, 0.1) is 11.3 Å². The maximum Gasteiger partial charge on any atom is 0.257 e. The zero-order valence-corrected chi connectivity index (χ0v) is 12.0. The molecule has 0 aliphatic heterocycles. The van der Waals surface area contributed by atoms with Gasteiger partial charge in [-0.3, -0.25) is 9.36 Å². The summed E-state index contributed by atoms with van der Waals surface area (Å²) in [5.41, 5.74) is 0.381. The van der Waals surface area contributed by atoms with Gasteiger partial charge in [0, 0.05) is 23.6 Å². The standard InChI is InChI=1S/C15H10ClFN4O/c16-11-2-3-13(12(17)7-11)20-15(22)10-1-4-14(19-8-10)21-6-5-18-9-21/h1-9H,(H,20,22). The molecular formula is C15H10ClFN4O. The third kappa shape index (κ3) is 2.96. The summed E-state index contributed by atoms with van der Waals surface area (Å²) in [6, 6.07) is 7.32. The van der Waals surface area contributed by atoms with E-state index in [1.807, 2.05) is 0 Å². The number of hydrogen-bond acceptors (Lipinski definition) is 3. The van der Waals surface area contributed by atoms with E-state index in [0.29, 0.717) is 11.4 Å². The van der Waals surface area contributed by atoms with Crippen molar-refractivity contribution in [2.75, 3.05) is 5.32 Å². The van der Waals surface area contributed by atoms with Crippen molar-refractivity contribution < 1.29 is 9.18 Å². The Bertz CT molecular complexity index is 803. The highest BCUT2D eigenvalue weighted by molar-refractivity contribution is 6.30. The number of benzene rings is 1. The largest absolute Gasteiger partial charge is 0.319 e. The minimum Gasteiger partial charge on any atom is -0.319 e. The van der Waals surface area contributed by atoms with Crippen molar-refractivity contribution in [3.05, 3.63) is 71.7 Å². The summed E-state index contributed by atoms with van der Waals surface area (Å²) in [6.07, 6.45) is 6.39. The van der Waals surface area contributed by atoms with Gasteiger partial charge in [-0.25, -0.2) is 14.4 Å². The average Bonchev–Trinajstić information content (AvgIpc) is 3.04. The molecule has 0 atom stereocenters. The fourth-order valence-electron chi connectivity index (χ4n) is 1.85. The number of amides is 1. The van der Waals surface area contributed by atoms with Crippen molar-refractivity contribution in [1.82, 2.24) is 14.5 Å². The average molecular weight is 317 g/mol. The first-order valence-electron chi connectivity index (χ1n) is 6.34. The molecule has 1 aromatic carbocycles. The predicted octanol–water partition coefficient (Wildman–Crippen LogP) is 3.31. The van der Waals surface area contributed by atoms with Crippen LogP contribution in [0.5, 0.6) is 0 Å². The van der Waals surface area contributed by atoms with Crippen molar-refractivity contribution in [3.8, 4) is 5.82 Å². The Labute approximate surface area is 130 Å². The fraction of sp³-hybridized carbons (Fsp3) is 0. The van der Waals surface area contributed by atoms with E-state index in [9.17, 15) is 9.18 Å². The molecule has 0 fully saturated rings. The highest BCUT2D eigenvalue weighted by atomic mass is 35.5. The lowest BCUT2D eigenvalue weighted by Crippen LogP contribution is -2.13. The van der Waals surface area contributed by atoms with Gasteiger partial charge in [0.1, 0.15) is 18.0 Å². The van der Waals surface area contributed by atoms with E-state index in [-0.39, 0.29) is 10.7 Å². The molecular weight excluding hydrogens is 307 g/mol. The van der Waals surface area contributed by atoms with Crippen LogP contribution in [0.3, 0.4) is 0 Å². The fourth-order valence-corrected chi connectivity index (χ4v) is 2.01. The van der Waals surface area contributed by atoms with E-state index < -0.39 is 11.7 Å². The third-order valence-corrected chi connectivity index (χ3v) is 3.19. The molecule has 1 amide bonds. The number of hydrogen-bond donors (Lipinski definition) is 1. The van der Waals surface area contributed by atoms with E-state index >= 15 is 0 Å². The van der Waals surface area contributed by atoms with Crippen LogP contribution in [0.4, 0.5) is 10.1 Å². The van der Waals surface area contributed by atoms with Crippen molar-refractivity contribution in [1.29, 1.82) is 0 Å². The molecule has 0 spiro atoms. The van der Waals surface area contributed by atoms with Crippen LogP contribution in [0.15, 0.2) is 55.2 Å². The Hall–Kier alpha value is -2.73. The van der Waals surface area contributed by atoms with Crippen LogP contribution < -0.4 is 5.32 Å². The number of carbonyl (C=O) groups is 1. The molecule has 3 rings (SSSR count). The zero-order valence-electron chi connectivity index (χ0n) is 11.2. The van der Waals surface area contributed by atoms with Gasteiger partial charge in [0.25, 0.3) is 5.91 Å². The minimum absolute atomic E-state index is 0.0630. The van der Waals surface area contributed by atoms with Crippen LogP contribution in [0.1, 0.15) is 10.4 Å². The van der Waals surface area contributed by atoms with Gasteiger partial charge >= 0.3 is 0 Å². The number of carbonyl (C=O) groups excluding carboxylic acids is 1. The lowest BCUT2D eigenvalue weighted by atomic mass is 10.2. The van der Waals surface area contributed by atoms with E-state index in [1.54, 1.807) is 35.4 Å². The monoisotopic (exact) mass is 316 g/mol. The maximum absolute atomic E-state index is 13.7. The second kappa shape index (κ2) is 5.95. The van der Waals surface area contributed by atoms with Gasteiger partial charge in [-0.15, -0.1) is 0 Å². The summed E-state index contributed by atoms with van der Waals surface area (Å²) in [5.74, 6) is -0.415. The molecule has 5 nitrogen and oxygen atoms in total. The number of imidazole rings is 1. The Balaban J connectivity index is 1.77. The van der Waals surface area contributed by atoms with Crippen molar-refractivity contribution >= 4 is 23.2 Å². The van der Waals surface area contributed by atoms with E-state index in [2.05, 4.69) is 15.3 Å². The lowest BCUT2D eigenvalue weighted by molar-refractivity contribution is 0.102. The molecule has 2 heterocycles. The number of aromatic nitrogens is 3. The van der Waals surface area contributed by atoms with Crippen molar-refractivity contribution in [2.45, 2.75) is 0 Å². The Morgan fingerprint density at radius 3 is 2.77 bits per heavy atom. The zero-order chi connectivity index (χ0) is 15.5. The Morgan fingerprint density at radius 1 is 1.27 bits per heavy atom. The molecule has 0 saturated carbocycles. The maximum atomic E-state index is 13.7. The number of halogens is 2. The minimum atomic E-state index is -0.594. The molecule has 0 aliphatic carbocycles. The van der Waals surface area contributed by atoms with E-state index in [0.717, 1.165) is 6.07 Å². The first-order valence-corrected chi connectivity index (χ1v) is 6.72. The van der Waals surface area contributed by atoms with Gasteiger partial charge < -0.3 is 5.32 Å². The molecule has 2 aromatic heterocycles. The lowest BCUT2D eigenvalue weighted by Gasteiger charge is -2.07. The Kier molecular flexibility index (Phi) is 3.84. The number of pyridine rings is 1. The summed E-state index contributed by atoms with van der Waals surface area (Å²) >= 11 is 5.67. The molecule has 1 N–H and O–H groups in total. The summed E-state index contributed by atoms with van der Waals surface area (Å²) in [6.45, 7) is 0. The SMILES string of the molecule is O=C(Nc1ccc(Cl)cc1F)c1ccc(-n2ccnc2)nc1. The number of nitrogens with one attached hydrogen (secondary N) is 1. The summed E-state index contributed by atoms with van der Waals surface area (Å²) in [7, 11) is 0. The molecule has 0 bridgehead atoms. The number of anilines is 1. The van der Waals surface area contributed by atoms with Crippen molar-refractivity contribution in [2.24, 2.45) is 0 Å². The van der Waals surface area contributed by atoms with Gasteiger partial charge in [0.2, 0.25) is 0 Å². The van der Waals surface area contributed by atoms with Gasteiger partial charge in [-0.1, -0.05) is 11.6 Å². The third-order valence-electron chi connectivity index (χ3n) is 2.96. The first kappa shape index (κ1) is 14.2. The smallest absolute Gasteiger partial charge is 0.257 e. The molecule has 22 heavy (non-hydrogen) atoms. The summed E-state index contributed by atoms with van der Waals surface area (Å²) in [4.78, 5) is 20.2. The van der Waals surface area contributed by atoms with Crippen LogP contribution in [0, 0.1) is 5.82 Å². The van der Waals surface area contributed by atoms with E-state index in [4.69, 9.17) is 11.6 Å². The number of rotatable bonds is 3. The molecule has 7 heteroatoms. The molecule has 0 unspecified atom stereocenters. The molecule has 3 aromatic rings. The highest BCUT2D eigenvalue weighted by Crippen LogP contribution is 2.19. The second-order valence-corrected chi connectivity index (χ2v) is 4.89.